The van der Waals surface area contributed by atoms with Gasteiger partial charge in [0.1, 0.15) is 0 Å². The van der Waals surface area contributed by atoms with Crippen LogP contribution in [0.5, 0.6) is 0 Å². The van der Waals surface area contributed by atoms with Crippen LogP contribution in [-0.4, -0.2) is 60.0 Å². The number of rotatable bonds is 9. The molecule has 1 heterocycles. The van der Waals surface area contributed by atoms with E-state index >= 15 is 0 Å². The van der Waals surface area contributed by atoms with Crippen molar-refractivity contribution in [2.24, 2.45) is 5.92 Å². The maximum Gasteiger partial charge on any atom is 0.226 e. The second-order valence-corrected chi connectivity index (χ2v) is 12.8. The molecule has 1 saturated heterocycles. The van der Waals surface area contributed by atoms with Gasteiger partial charge in [0, 0.05) is 56.1 Å². The zero-order valence-corrected chi connectivity index (χ0v) is 22.6. The third-order valence-corrected chi connectivity index (χ3v) is 9.85. The highest BCUT2D eigenvalue weighted by molar-refractivity contribution is 7.87. The van der Waals surface area contributed by atoms with E-state index < -0.39 is 13.2 Å². The minimum Gasteiger partial charge on any atom is -0.349 e. The predicted octanol–water partition coefficient (Wildman–Crippen LogP) is 4.55. The van der Waals surface area contributed by atoms with Crippen molar-refractivity contribution >= 4 is 29.8 Å². The van der Waals surface area contributed by atoms with E-state index in [4.69, 9.17) is 0 Å². The van der Waals surface area contributed by atoms with Gasteiger partial charge in [-0.1, -0.05) is 55.0 Å². The molecule has 2 aromatic rings. The van der Waals surface area contributed by atoms with Crippen LogP contribution >= 0.6 is 7.14 Å². The first-order valence-corrected chi connectivity index (χ1v) is 14.1. The summed E-state index contributed by atoms with van der Waals surface area (Å²) in [4.78, 5) is 42.9. The first-order chi connectivity index (χ1) is 16.5. The number of hydrogen-bond donors (Lipinski definition) is 0. The van der Waals surface area contributed by atoms with E-state index in [1.54, 1.807) is 43.3 Å². The van der Waals surface area contributed by atoms with E-state index in [9.17, 15) is 18.9 Å². The summed E-state index contributed by atoms with van der Waals surface area (Å²) in [6.07, 6.45) is 1.55. The summed E-state index contributed by atoms with van der Waals surface area (Å²) in [5.41, 5.74) is 2.76. The number of nitrogens with zero attached hydrogens (tertiary/aromatic N) is 2. The van der Waals surface area contributed by atoms with E-state index in [0.717, 1.165) is 23.1 Å². The summed E-state index contributed by atoms with van der Waals surface area (Å²) in [7, 11) is -0.248. The molecule has 0 aliphatic carbocycles. The van der Waals surface area contributed by atoms with Crippen LogP contribution in [0.4, 0.5) is 0 Å². The van der Waals surface area contributed by atoms with Gasteiger partial charge in [-0.2, -0.15) is 0 Å². The Balaban J connectivity index is 2.10. The SMILES string of the molecule is Cc1cc(C)c(C(=O)P(=O)(CC(CC(C)C(=O)N(C)C)N2CCCC2=O)c2ccccc2)c(C)c1. The van der Waals surface area contributed by atoms with Gasteiger partial charge in [-0.3, -0.25) is 14.4 Å². The first kappa shape index (κ1) is 26.9. The first-order valence-electron chi connectivity index (χ1n) is 12.2. The van der Waals surface area contributed by atoms with Crippen LogP contribution in [0.25, 0.3) is 0 Å². The lowest BCUT2D eigenvalue weighted by Gasteiger charge is -2.33. The number of aryl methyl sites for hydroxylation is 3. The normalized spacial score (nSPS) is 17.1. The Hall–Kier alpha value is -2.72. The van der Waals surface area contributed by atoms with Gasteiger partial charge in [0.25, 0.3) is 0 Å². The number of carbonyl (C=O) groups excluding carboxylic acids is 3. The Morgan fingerprint density at radius 1 is 1.06 bits per heavy atom. The predicted molar refractivity (Wildman–Crippen MR) is 141 cm³/mol. The molecule has 1 aliphatic rings. The van der Waals surface area contributed by atoms with Crippen molar-refractivity contribution in [3.05, 3.63) is 64.7 Å². The smallest absolute Gasteiger partial charge is 0.226 e. The highest BCUT2D eigenvalue weighted by Crippen LogP contribution is 2.51. The van der Waals surface area contributed by atoms with Gasteiger partial charge in [0.05, 0.1) is 0 Å². The van der Waals surface area contributed by atoms with E-state index in [2.05, 4.69) is 0 Å². The number of carbonyl (C=O) groups is 3. The van der Waals surface area contributed by atoms with Crippen molar-refractivity contribution in [3.8, 4) is 0 Å². The van der Waals surface area contributed by atoms with Gasteiger partial charge in [-0.25, -0.2) is 0 Å². The fourth-order valence-electron chi connectivity index (χ4n) is 5.27. The van der Waals surface area contributed by atoms with E-state index in [0.29, 0.717) is 30.3 Å². The largest absolute Gasteiger partial charge is 0.349 e. The second-order valence-electron chi connectivity index (χ2n) is 10.1. The summed E-state index contributed by atoms with van der Waals surface area (Å²) in [6.45, 7) is 8.12. The molecular formula is C28H37N2O4P. The average molecular weight is 497 g/mol. The molecule has 0 bridgehead atoms. The minimum atomic E-state index is -3.66. The average Bonchev–Trinajstić information content (AvgIpc) is 3.23. The van der Waals surface area contributed by atoms with Crippen molar-refractivity contribution in [3.63, 3.8) is 0 Å². The number of likely N-dealkylation sites (tertiary alicyclic amines) is 1. The molecule has 2 aromatic carbocycles. The van der Waals surface area contributed by atoms with Crippen molar-refractivity contribution in [2.75, 3.05) is 26.8 Å². The topological polar surface area (TPSA) is 74.8 Å². The molecule has 3 rings (SSSR count). The lowest BCUT2D eigenvalue weighted by Crippen LogP contribution is -2.43. The maximum atomic E-state index is 14.9. The van der Waals surface area contributed by atoms with Gasteiger partial charge in [0.2, 0.25) is 17.3 Å². The summed E-state index contributed by atoms with van der Waals surface area (Å²) in [5, 5.41) is 0.493. The van der Waals surface area contributed by atoms with Crippen molar-refractivity contribution in [1.29, 1.82) is 0 Å². The van der Waals surface area contributed by atoms with Crippen LogP contribution in [-0.2, 0) is 14.2 Å². The molecule has 7 heteroatoms. The molecule has 3 atom stereocenters. The van der Waals surface area contributed by atoms with E-state index in [-0.39, 0.29) is 29.4 Å². The number of hydrogen-bond acceptors (Lipinski definition) is 4. The molecule has 0 aromatic heterocycles. The number of benzene rings is 2. The van der Waals surface area contributed by atoms with Crippen LogP contribution in [0.2, 0.25) is 0 Å². The highest BCUT2D eigenvalue weighted by atomic mass is 31.2. The molecule has 1 fully saturated rings. The molecule has 0 N–H and O–H groups in total. The monoisotopic (exact) mass is 496 g/mol. The van der Waals surface area contributed by atoms with Gasteiger partial charge in [-0.05, 0) is 44.7 Å². The van der Waals surface area contributed by atoms with Crippen LogP contribution < -0.4 is 5.30 Å². The summed E-state index contributed by atoms with van der Waals surface area (Å²) < 4.78 is 14.9. The summed E-state index contributed by atoms with van der Waals surface area (Å²) >= 11 is 0. The van der Waals surface area contributed by atoms with Crippen molar-refractivity contribution < 1.29 is 18.9 Å². The Morgan fingerprint density at radius 2 is 1.66 bits per heavy atom. The zero-order valence-electron chi connectivity index (χ0n) is 21.7. The van der Waals surface area contributed by atoms with Crippen LogP contribution in [0.3, 0.4) is 0 Å². The van der Waals surface area contributed by atoms with Gasteiger partial charge in [-0.15, -0.1) is 0 Å². The van der Waals surface area contributed by atoms with Crippen LogP contribution in [0.1, 0.15) is 53.2 Å². The highest BCUT2D eigenvalue weighted by Gasteiger charge is 2.42. The van der Waals surface area contributed by atoms with Crippen LogP contribution in [0.15, 0.2) is 42.5 Å². The minimum absolute atomic E-state index is 0.00532. The molecule has 0 radical (unpaired) electrons. The lowest BCUT2D eigenvalue weighted by molar-refractivity contribution is -0.135. The fraction of sp³-hybridized carbons (Fsp3) is 0.464. The fourth-order valence-corrected chi connectivity index (χ4v) is 8.19. The van der Waals surface area contributed by atoms with Gasteiger partial charge in [0.15, 0.2) is 7.14 Å². The zero-order chi connectivity index (χ0) is 25.9. The van der Waals surface area contributed by atoms with Gasteiger partial charge >= 0.3 is 0 Å². The van der Waals surface area contributed by atoms with Crippen LogP contribution in [0, 0.1) is 26.7 Å². The molecule has 35 heavy (non-hydrogen) atoms. The molecule has 188 valence electrons. The Labute approximate surface area is 209 Å². The quantitative estimate of drug-likeness (QED) is 0.478. The number of amides is 2. The van der Waals surface area contributed by atoms with E-state index in [1.165, 1.54) is 4.90 Å². The Morgan fingerprint density at radius 3 is 2.17 bits per heavy atom. The molecule has 0 spiro atoms. The molecular weight excluding hydrogens is 459 g/mol. The summed E-state index contributed by atoms with van der Waals surface area (Å²) in [5.74, 6) is -0.424. The molecule has 0 saturated carbocycles. The maximum absolute atomic E-state index is 14.9. The summed E-state index contributed by atoms with van der Waals surface area (Å²) in [6, 6.07) is 12.3. The van der Waals surface area contributed by atoms with Gasteiger partial charge < -0.3 is 14.4 Å². The van der Waals surface area contributed by atoms with E-state index in [1.807, 2.05) is 45.9 Å². The Kier molecular flexibility index (Phi) is 8.38. The molecule has 6 nitrogen and oxygen atoms in total. The lowest BCUT2D eigenvalue weighted by atomic mass is 10.0. The van der Waals surface area contributed by atoms with Crippen molar-refractivity contribution in [1.82, 2.24) is 9.80 Å². The molecule has 2 amide bonds. The second kappa shape index (κ2) is 10.9. The standard InChI is InChI=1S/C28H37N2O4P/c1-19-15-20(2)26(21(3)16-19)28(33)35(34,24-11-8-7-9-12-24)18-23(30-14-10-13-25(30)31)17-22(4)27(32)29(5)6/h7-9,11-12,15-16,22-23H,10,13-14,17-18H2,1-6H3. The Bertz CT molecular complexity index is 1140. The molecule has 3 unspecified atom stereocenters. The molecule has 1 aliphatic heterocycles. The third-order valence-electron chi connectivity index (χ3n) is 6.90. The third kappa shape index (κ3) is 5.75. The van der Waals surface area contributed by atoms with Crippen molar-refractivity contribution in [2.45, 2.75) is 53.0 Å².